The molecule has 3 aromatic rings. The minimum absolute atomic E-state index is 0.101. The van der Waals surface area contributed by atoms with Crippen molar-refractivity contribution in [1.29, 1.82) is 0 Å². The number of carbonyl (C=O) groups excluding carboxylic acids is 1. The molecule has 112 valence electrons. The van der Waals surface area contributed by atoms with Crippen LogP contribution >= 0.6 is 15.9 Å². The normalized spacial score (nSPS) is 10.8. The number of hydrogen-bond donors (Lipinski definition) is 1. The second kappa shape index (κ2) is 5.81. The molecule has 5 nitrogen and oxygen atoms in total. The van der Waals surface area contributed by atoms with Gasteiger partial charge in [-0.2, -0.15) is 0 Å². The van der Waals surface area contributed by atoms with Crippen molar-refractivity contribution in [2.75, 3.05) is 5.32 Å². The number of hydrogen-bond acceptors (Lipinski definition) is 3. The number of benzene rings is 2. The van der Waals surface area contributed by atoms with Gasteiger partial charge in [0.25, 0.3) is 0 Å². The summed E-state index contributed by atoms with van der Waals surface area (Å²) in [5.74, 6) is -0.836. The SMILES string of the molecule is Cc1ccc(NC(=O)Cn2c(=O)oc3ccccc32)c(Br)c1. The molecule has 0 radical (unpaired) electrons. The molecule has 1 heterocycles. The van der Waals surface area contributed by atoms with Gasteiger partial charge in [-0.1, -0.05) is 18.2 Å². The van der Waals surface area contributed by atoms with Crippen molar-refractivity contribution in [2.24, 2.45) is 0 Å². The molecular formula is C16H13BrN2O3. The number of nitrogens with zero attached hydrogens (tertiary/aromatic N) is 1. The molecule has 0 saturated carbocycles. The summed E-state index contributed by atoms with van der Waals surface area (Å²) in [5.41, 5.74) is 2.82. The number of fused-ring (bicyclic) bond motifs is 1. The second-order valence-corrected chi connectivity index (χ2v) is 5.81. The van der Waals surface area contributed by atoms with Gasteiger partial charge in [0.05, 0.1) is 11.2 Å². The van der Waals surface area contributed by atoms with Crippen LogP contribution in [0.3, 0.4) is 0 Å². The molecule has 6 heteroatoms. The highest BCUT2D eigenvalue weighted by molar-refractivity contribution is 9.10. The van der Waals surface area contributed by atoms with Crippen LogP contribution in [0.25, 0.3) is 11.1 Å². The van der Waals surface area contributed by atoms with Gasteiger partial charge in [-0.3, -0.25) is 9.36 Å². The summed E-state index contributed by atoms with van der Waals surface area (Å²) in [7, 11) is 0. The molecule has 0 bridgehead atoms. The Labute approximate surface area is 134 Å². The first-order valence-corrected chi connectivity index (χ1v) is 7.48. The smallest absolute Gasteiger partial charge is 0.408 e. The van der Waals surface area contributed by atoms with Crippen LogP contribution in [0.15, 0.2) is 56.1 Å². The van der Waals surface area contributed by atoms with Gasteiger partial charge in [-0.15, -0.1) is 0 Å². The molecule has 1 amide bonds. The highest BCUT2D eigenvalue weighted by Gasteiger charge is 2.13. The molecule has 22 heavy (non-hydrogen) atoms. The Morgan fingerprint density at radius 2 is 2.05 bits per heavy atom. The lowest BCUT2D eigenvalue weighted by atomic mass is 10.2. The van der Waals surface area contributed by atoms with Crippen LogP contribution in [-0.4, -0.2) is 10.5 Å². The molecule has 0 saturated heterocycles. The van der Waals surface area contributed by atoms with Crippen molar-refractivity contribution in [2.45, 2.75) is 13.5 Å². The molecule has 2 aromatic carbocycles. The monoisotopic (exact) mass is 360 g/mol. The maximum absolute atomic E-state index is 12.2. The summed E-state index contributed by atoms with van der Waals surface area (Å²) < 4.78 is 7.22. The van der Waals surface area contributed by atoms with Crippen LogP contribution in [0.4, 0.5) is 5.69 Å². The number of aryl methyl sites for hydroxylation is 1. The fraction of sp³-hybridized carbons (Fsp3) is 0.125. The topological polar surface area (TPSA) is 64.2 Å². The van der Waals surface area contributed by atoms with Crippen molar-refractivity contribution in [3.05, 3.63) is 63.1 Å². The summed E-state index contributed by atoms with van der Waals surface area (Å²) in [6, 6.07) is 12.6. The lowest BCUT2D eigenvalue weighted by molar-refractivity contribution is -0.116. The zero-order chi connectivity index (χ0) is 15.7. The zero-order valence-corrected chi connectivity index (χ0v) is 13.4. The lowest BCUT2D eigenvalue weighted by Gasteiger charge is -2.08. The maximum atomic E-state index is 12.2. The van der Waals surface area contributed by atoms with E-state index >= 15 is 0 Å². The molecule has 0 unspecified atom stereocenters. The summed E-state index contributed by atoms with van der Waals surface area (Å²) in [6.07, 6.45) is 0. The van der Waals surface area contributed by atoms with Gasteiger partial charge in [0, 0.05) is 4.47 Å². The Balaban J connectivity index is 1.84. The van der Waals surface area contributed by atoms with Gasteiger partial charge in [0.15, 0.2) is 5.58 Å². The minimum atomic E-state index is -0.542. The molecule has 0 aliphatic carbocycles. The Kier molecular flexibility index (Phi) is 3.85. The van der Waals surface area contributed by atoms with Crippen LogP contribution < -0.4 is 11.1 Å². The van der Waals surface area contributed by atoms with Crippen LogP contribution in [0, 0.1) is 6.92 Å². The van der Waals surface area contributed by atoms with Gasteiger partial charge in [-0.05, 0) is 52.7 Å². The zero-order valence-electron chi connectivity index (χ0n) is 11.8. The van der Waals surface area contributed by atoms with Crippen LogP contribution in [0.2, 0.25) is 0 Å². The Morgan fingerprint density at radius 1 is 1.27 bits per heavy atom. The molecule has 3 rings (SSSR count). The fourth-order valence-corrected chi connectivity index (χ4v) is 2.81. The third-order valence-corrected chi connectivity index (χ3v) is 3.93. The van der Waals surface area contributed by atoms with E-state index in [9.17, 15) is 9.59 Å². The Hall–Kier alpha value is -2.34. The van der Waals surface area contributed by atoms with Crippen molar-refractivity contribution < 1.29 is 9.21 Å². The number of carbonyl (C=O) groups is 1. The van der Waals surface area contributed by atoms with E-state index in [0.29, 0.717) is 16.8 Å². The van der Waals surface area contributed by atoms with Gasteiger partial charge >= 0.3 is 5.76 Å². The summed E-state index contributed by atoms with van der Waals surface area (Å²) in [5, 5.41) is 2.78. The van der Waals surface area contributed by atoms with E-state index in [1.807, 2.05) is 25.1 Å². The standard InChI is InChI=1S/C16H13BrN2O3/c1-10-6-7-12(11(17)8-10)18-15(20)9-19-13-4-2-3-5-14(13)22-16(19)21/h2-8H,9H2,1H3,(H,18,20). The highest BCUT2D eigenvalue weighted by atomic mass is 79.9. The number of anilines is 1. The summed E-state index contributed by atoms with van der Waals surface area (Å²) in [6.45, 7) is 1.86. The number of nitrogens with one attached hydrogen (secondary N) is 1. The van der Waals surface area contributed by atoms with Gasteiger partial charge in [-0.25, -0.2) is 4.79 Å². The fourth-order valence-electron chi connectivity index (χ4n) is 2.22. The van der Waals surface area contributed by atoms with Crippen molar-refractivity contribution in [1.82, 2.24) is 4.57 Å². The third kappa shape index (κ3) is 2.82. The average molecular weight is 361 g/mol. The Bertz CT molecular complexity index is 911. The first-order valence-electron chi connectivity index (χ1n) is 6.69. The number of oxazole rings is 1. The maximum Gasteiger partial charge on any atom is 0.420 e. The molecule has 0 aliphatic heterocycles. The van der Waals surface area contributed by atoms with Gasteiger partial charge < -0.3 is 9.73 Å². The van der Waals surface area contributed by atoms with E-state index in [1.165, 1.54) is 4.57 Å². The van der Waals surface area contributed by atoms with E-state index in [2.05, 4.69) is 21.2 Å². The van der Waals surface area contributed by atoms with E-state index in [-0.39, 0.29) is 12.5 Å². The van der Waals surface area contributed by atoms with Crippen molar-refractivity contribution in [3.8, 4) is 0 Å². The molecule has 0 fully saturated rings. The number of amides is 1. The molecule has 0 aliphatic rings. The lowest BCUT2D eigenvalue weighted by Crippen LogP contribution is -2.24. The summed E-state index contributed by atoms with van der Waals surface area (Å²) in [4.78, 5) is 24.0. The Morgan fingerprint density at radius 3 is 2.82 bits per heavy atom. The summed E-state index contributed by atoms with van der Waals surface area (Å²) >= 11 is 3.41. The number of rotatable bonds is 3. The number of halogens is 1. The highest BCUT2D eigenvalue weighted by Crippen LogP contribution is 2.23. The quantitative estimate of drug-likeness (QED) is 0.779. The molecular weight excluding hydrogens is 348 g/mol. The predicted octanol–water partition coefficient (Wildman–Crippen LogP) is 3.30. The minimum Gasteiger partial charge on any atom is -0.408 e. The molecule has 0 spiro atoms. The first-order chi connectivity index (χ1) is 10.5. The van der Waals surface area contributed by atoms with E-state index in [1.54, 1.807) is 24.3 Å². The third-order valence-electron chi connectivity index (χ3n) is 3.27. The van der Waals surface area contributed by atoms with Crippen LogP contribution in [0.1, 0.15) is 5.56 Å². The van der Waals surface area contributed by atoms with E-state index in [0.717, 1.165) is 10.0 Å². The largest absolute Gasteiger partial charge is 0.420 e. The molecule has 1 aromatic heterocycles. The van der Waals surface area contributed by atoms with Gasteiger partial charge in [0.2, 0.25) is 5.91 Å². The van der Waals surface area contributed by atoms with Crippen molar-refractivity contribution in [3.63, 3.8) is 0 Å². The van der Waals surface area contributed by atoms with Crippen molar-refractivity contribution >= 4 is 38.6 Å². The van der Waals surface area contributed by atoms with Gasteiger partial charge in [0.1, 0.15) is 6.54 Å². The van der Waals surface area contributed by atoms with Crippen LogP contribution in [0.5, 0.6) is 0 Å². The average Bonchev–Trinajstić information content (AvgIpc) is 2.78. The number of para-hydroxylation sites is 2. The van der Waals surface area contributed by atoms with E-state index < -0.39 is 5.76 Å². The predicted molar refractivity (Wildman–Crippen MR) is 88.0 cm³/mol. The molecule has 0 atom stereocenters. The second-order valence-electron chi connectivity index (χ2n) is 4.95. The van der Waals surface area contributed by atoms with Crippen LogP contribution in [-0.2, 0) is 11.3 Å². The molecule has 1 N–H and O–H groups in total. The van der Waals surface area contributed by atoms with E-state index in [4.69, 9.17) is 4.42 Å². The first kappa shape index (κ1) is 14.6. The number of aromatic nitrogens is 1.